The summed E-state index contributed by atoms with van der Waals surface area (Å²) in [5, 5.41) is 14.7. The molecule has 102 valence electrons. The maximum absolute atomic E-state index is 12.0. The van der Waals surface area contributed by atoms with Gasteiger partial charge < -0.3 is 15.7 Å². The van der Waals surface area contributed by atoms with Crippen LogP contribution < -0.4 is 10.6 Å². The van der Waals surface area contributed by atoms with Gasteiger partial charge in [-0.15, -0.1) is 0 Å². The van der Waals surface area contributed by atoms with Crippen molar-refractivity contribution in [2.75, 3.05) is 11.9 Å². The lowest BCUT2D eigenvalue weighted by Gasteiger charge is -2.22. The van der Waals surface area contributed by atoms with Gasteiger partial charge in [-0.05, 0) is 37.1 Å². The smallest absolute Gasteiger partial charge is 0.307 e. The Kier molecular flexibility index (Phi) is 4.52. The van der Waals surface area contributed by atoms with Gasteiger partial charge >= 0.3 is 5.97 Å². The number of nitrogens with one attached hydrogen (secondary N) is 2. The SMILES string of the molecule is O=C(O)Cc1ccc(NC(=O)[C@@H]2CCCCN2)cc1. The number of piperidine rings is 1. The van der Waals surface area contributed by atoms with Crippen molar-refractivity contribution in [2.24, 2.45) is 0 Å². The van der Waals surface area contributed by atoms with Crippen LogP contribution in [0.3, 0.4) is 0 Å². The Hall–Kier alpha value is -1.88. The standard InChI is InChI=1S/C14H18N2O3/c17-13(18)9-10-4-6-11(7-5-10)16-14(19)12-3-1-2-8-15-12/h4-7,12,15H,1-3,8-9H2,(H,16,19)(H,17,18)/t12-/m0/s1. The van der Waals surface area contributed by atoms with Crippen molar-refractivity contribution in [1.82, 2.24) is 5.32 Å². The number of carboxylic acid groups (broad SMARTS) is 1. The van der Waals surface area contributed by atoms with Gasteiger partial charge in [-0.2, -0.15) is 0 Å². The summed E-state index contributed by atoms with van der Waals surface area (Å²) in [4.78, 5) is 22.5. The molecule has 1 atom stereocenters. The van der Waals surface area contributed by atoms with E-state index >= 15 is 0 Å². The molecule has 0 radical (unpaired) electrons. The average molecular weight is 262 g/mol. The van der Waals surface area contributed by atoms with Crippen molar-refractivity contribution in [3.63, 3.8) is 0 Å². The largest absolute Gasteiger partial charge is 0.481 e. The second kappa shape index (κ2) is 6.33. The van der Waals surface area contributed by atoms with E-state index in [2.05, 4.69) is 10.6 Å². The minimum atomic E-state index is -0.858. The van der Waals surface area contributed by atoms with Crippen molar-refractivity contribution in [1.29, 1.82) is 0 Å². The summed E-state index contributed by atoms with van der Waals surface area (Å²) in [5.74, 6) is -0.881. The van der Waals surface area contributed by atoms with Crippen LogP contribution in [0.4, 0.5) is 5.69 Å². The molecular formula is C14H18N2O3. The molecule has 1 aliphatic rings. The molecule has 1 fully saturated rings. The molecule has 3 N–H and O–H groups in total. The van der Waals surface area contributed by atoms with Crippen LogP contribution in [0.2, 0.25) is 0 Å². The molecule has 1 aromatic rings. The van der Waals surface area contributed by atoms with E-state index in [0.717, 1.165) is 31.4 Å². The molecule has 5 heteroatoms. The highest BCUT2D eigenvalue weighted by molar-refractivity contribution is 5.94. The number of carbonyl (C=O) groups is 2. The van der Waals surface area contributed by atoms with Crippen LogP contribution in [0.25, 0.3) is 0 Å². The van der Waals surface area contributed by atoms with Gasteiger partial charge in [-0.3, -0.25) is 9.59 Å². The minimum Gasteiger partial charge on any atom is -0.481 e. The first-order valence-electron chi connectivity index (χ1n) is 6.50. The molecule has 1 heterocycles. The zero-order valence-corrected chi connectivity index (χ0v) is 10.7. The maximum Gasteiger partial charge on any atom is 0.307 e. The lowest BCUT2D eigenvalue weighted by Crippen LogP contribution is -2.43. The first kappa shape index (κ1) is 13.5. The van der Waals surface area contributed by atoms with Crippen molar-refractivity contribution in [2.45, 2.75) is 31.7 Å². The van der Waals surface area contributed by atoms with E-state index in [1.807, 2.05) is 0 Å². The highest BCUT2D eigenvalue weighted by Gasteiger charge is 2.20. The van der Waals surface area contributed by atoms with Gasteiger partial charge in [-0.25, -0.2) is 0 Å². The number of amides is 1. The summed E-state index contributed by atoms with van der Waals surface area (Å²) in [6.07, 6.45) is 3.05. The molecule has 0 aromatic heterocycles. The molecular weight excluding hydrogens is 244 g/mol. The van der Waals surface area contributed by atoms with E-state index in [4.69, 9.17) is 5.11 Å². The normalized spacial score (nSPS) is 18.8. The number of hydrogen-bond donors (Lipinski definition) is 3. The predicted octanol–water partition coefficient (Wildman–Crippen LogP) is 1.39. The fraction of sp³-hybridized carbons (Fsp3) is 0.429. The summed E-state index contributed by atoms with van der Waals surface area (Å²) >= 11 is 0. The summed E-state index contributed by atoms with van der Waals surface area (Å²) in [6.45, 7) is 0.885. The molecule has 0 saturated carbocycles. The van der Waals surface area contributed by atoms with Gasteiger partial charge in [0.1, 0.15) is 0 Å². The molecule has 5 nitrogen and oxygen atoms in total. The molecule has 0 bridgehead atoms. The van der Waals surface area contributed by atoms with Gasteiger partial charge in [0.05, 0.1) is 12.5 Å². The summed E-state index contributed by atoms with van der Waals surface area (Å²) < 4.78 is 0. The van der Waals surface area contributed by atoms with Gasteiger partial charge in [0.2, 0.25) is 5.91 Å². The van der Waals surface area contributed by atoms with E-state index in [1.165, 1.54) is 0 Å². The van der Waals surface area contributed by atoms with Crippen molar-refractivity contribution in [3.05, 3.63) is 29.8 Å². The Balaban J connectivity index is 1.91. The quantitative estimate of drug-likeness (QED) is 0.766. The van der Waals surface area contributed by atoms with Crippen molar-refractivity contribution in [3.8, 4) is 0 Å². The van der Waals surface area contributed by atoms with Gasteiger partial charge in [0.25, 0.3) is 0 Å². The van der Waals surface area contributed by atoms with Crippen molar-refractivity contribution >= 4 is 17.6 Å². The Labute approximate surface area is 112 Å². The third-order valence-corrected chi connectivity index (χ3v) is 3.20. The monoisotopic (exact) mass is 262 g/mol. The van der Waals surface area contributed by atoms with Crippen LogP contribution in [0.1, 0.15) is 24.8 Å². The topological polar surface area (TPSA) is 78.4 Å². The molecule has 0 unspecified atom stereocenters. The van der Waals surface area contributed by atoms with E-state index in [9.17, 15) is 9.59 Å². The number of hydrogen-bond acceptors (Lipinski definition) is 3. The lowest BCUT2D eigenvalue weighted by molar-refractivity contribution is -0.136. The van der Waals surface area contributed by atoms with Crippen LogP contribution in [0.5, 0.6) is 0 Å². The van der Waals surface area contributed by atoms with Crippen LogP contribution in [0.15, 0.2) is 24.3 Å². The highest BCUT2D eigenvalue weighted by atomic mass is 16.4. The predicted molar refractivity (Wildman–Crippen MR) is 72.1 cm³/mol. The van der Waals surface area contributed by atoms with Crippen LogP contribution >= 0.6 is 0 Å². The summed E-state index contributed by atoms with van der Waals surface area (Å²) in [6, 6.07) is 6.79. The van der Waals surface area contributed by atoms with E-state index in [1.54, 1.807) is 24.3 Å². The number of carboxylic acids is 1. The van der Waals surface area contributed by atoms with Gasteiger partial charge in [-0.1, -0.05) is 18.6 Å². The van der Waals surface area contributed by atoms with Crippen molar-refractivity contribution < 1.29 is 14.7 Å². The first-order chi connectivity index (χ1) is 9.15. The second-order valence-corrected chi connectivity index (χ2v) is 4.76. The Morgan fingerprint density at radius 1 is 1.26 bits per heavy atom. The molecule has 19 heavy (non-hydrogen) atoms. The molecule has 1 saturated heterocycles. The van der Waals surface area contributed by atoms with Crippen LogP contribution in [-0.2, 0) is 16.0 Å². The fourth-order valence-electron chi connectivity index (χ4n) is 2.19. The maximum atomic E-state index is 12.0. The zero-order valence-electron chi connectivity index (χ0n) is 10.7. The fourth-order valence-corrected chi connectivity index (χ4v) is 2.19. The number of benzene rings is 1. The molecule has 2 rings (SSSR count). The Morgan fingerprint density at radius 3 is 2.58 bits per heavy atom. The molecule has 0 aliphatic carbocycles. The van der Waals surface area contributed by atoms with E-state index < -0.39 is 5.97 Å². The van der Waals surface area contributed by atoms with E-state index in [-0.39, 0.29) is 18.4 Å². The zero-order chi connectivity index (χ0) is 13.7. The minimum absolute atomic E-state index is 0.00158. The number of carbonyl (C=O) groups excluding carboxylic acids is 1. The lowest BCUT2D eigenvalue weighted by atomic mass is 10.0. The first-order valence-corrected chi connectivity index (χ1v) is 6.50. The van der Waals surface area contributed by atoms with Gasteiger partial charge in [0, 0.05) is 5.69 Å². The van der Waals surface area contributed by atoms with E-state index in [0.29, 0.717) is 5.69 Å². The summed E-state index contributed by atoms with van der Waals surface area (Å²) in [7, 11) is 0. The molecule has 1 aromatic carbocycles. The average Bonchev–Trinajstić information content (AvgIpc) is 2.41. The molecule has 1 aliphatic heterocycles. The molecule has 1 amide bonds. The molecule has 0 spiro atoms. The Bertz CT molecular complexity index is 450. The Morgan fingerprint density at radius 2 is 2.00 bits per heavy atom. The van der Waals surface area contributed by atoms with Gasteiger partial charge in [0.15, 0.2) is 0 Å². The third kappa shape index (κ3) is 4.06. The third-order valence-electron chi connectivity index (χ3n) is 3.20. The van der Waals surface area contributed by atoms with Crippen LogP contribution in [0, 0.1) is 0 Å². The number of anilines is 1. The highest BCUT2D eigenvalue weighted by Crippen LogP contribution is 2.13. The number of aliphatic carboxylic acids is 1. The second-order valence-electron chi connectivity index (χ2n) is 4.76. The number of rotatable bonds is 4. The summed E-state index contributed by atoms with van der Waals surface area (Å²) in [5.41, 5.74) is 1.42. The van der Waals surface area contributed by atoms with Crippen LogP contribution in [-0.4, -0.2) is 29.6 Å².